The summed E-state index contributed by atoms with van der Waals surface area (Å²) in [5.41, 5.74) is 4.12. The van der Waals surface area contributed by atoms with Gasteiger partial charge in [-0.25, -0.2) is 0 Å². The number of benzene rings is 2. The van der Waals surface area contributed by atoms with Gasteiger partial charge in [-0.15, -0.1) is 0 Å². The minimum absolute atomic E-state index is 0.0366. The first-order valence-corrected chi connectivity index (χ1v) is 6.54. The summed E-state index contributed by atoms with van der Waals surface area (Å²) in [6.07, 6.45) is 0.327. The number of carbonyl (C=O) groups excluding carboxylic acids is 1. The van der Waals surface area contributed by atoms with Gasteiger partial charge in [-0.05, 0) is 54.8 Å². The van der Waals surface area contributed by atoms with Crippen molar-refractivity contribution in [1.82, 2.24) is 0 Å². The number of amides is 1. The van der Waals surface area contributed by atoms with Crippen molar-refractivity contribution in [2.24, 2.45) is 0 Å². The molecule has 0 saturated heterocycles. The number of hydrogen-bond acceptors (Lipinski definition) is 1. The molecule has 2 aromatic rings. The van der Waals surface area contributed by atoms with Gasteiger partial charge in [0.25, 0.3) is 0 Å². The van der Waals surface area contributed by atoms with Crippen LogP contribution in [0, 0.1) is 13.8 Å². The average Bonchev–Trinajstić information content (AvgIpc) is 2.34. The standard InChI is InChI=1S/C16H16ClNO/c1-11-6-7-15(8-12(11)2)18-16(19)10-13-4-3-5-14(17)9-13/h3-9H,10H2,1-2H3,(H,18,19). The van der Waals surface area contributed by atoms with E-state index in [9.17, 15) is 4.79 Å². The molecule has 0 radical (unpaired) electrons. The van der Waals surface area contributed by atoms with Gasteiger partial charge in [0.05, 0.1) is 6.42 Å². The highest BCUT2D eigenvalue weighted by Gasteiger charge is 2.05. The van der Waals surface area contributed by atoms with Gasteiger partial charge in [-0.1, -0.05) is 29.8 Å². The number of rotatable bonds is 3. The second-order valence-corrected chi connectivity index (χ2v) is 5.09. The molecule has 0 bridgehead atoms. The van der Waals surface area contributed by atoms with Gasteiger partial charge in [0, 0.05) is 10.7 Å². The van der Waals surface area contributed by atoms with Crippen LogP contribution in [0.2, 0.25) is 5.02 Å². The molecule has 0 fully saturated rings. The van der Waals surface area contributed by atoms with Crippen molar-refractivity contribution in [3.63, 3.8) is 0 Å². The summed E-state index contributed by atoms with van der Waals surface area (Å²) in [4.78, 5) is 11.9. The summed E-state index contributed by atoms with van der Waals surface area (Å²) >= 11 is 5.89. The van der Waals surface area contributed by atoms with Crippen LogP contribution in [-0.2, 0) is 11.2 Å². The summed E-state index contributed by atoms with van der Waals surface area (Å²) in [6.45, 7) is 4.08. The third-order valence-electron chi connectivity index (χ3n) is 3.04. The topological polar surface area (TPSA) is 29.1 Å². The first kappa shape index (κ1) is 13.6. The van der Waals surface area contributed by atoms with E-state index in [-0.39, 0.29) is 5.91 Å². The van der Waals surface area contributed by atoms with Crippen LogP contribution in [0.3, 0.4) is 0 Å². The Labute approximate surface area is 118 Å². The predicted octanol–water partition coefficient (Wildman–Crippen LogP) is 4.14. The lowest BCUT2D eigenvalue weighted by atomic mass is 10.1. The monoisotopic (exact) mass is 273 g/mol. The molecule has 1 N–H and O–H groups in total. The molecule has 3 heteroatoms. The lowest BCUT2D eigenvalue weighted by Crippen LogP contribution is -2.14. The third-order valence-corrected chi connectivity index (χ3v) is 3.28. The highest BCUT2D eigenvalue weighted by molar-refractivity contribution is 6.30. The summed E-state index contributed by atoms with van der Waals surface area (Å²) in [5.74, 6) is -0.0366. The van der Waals surface area contributed by atoms with Crippen molar-refractivity contribution >= 4 is 23.2 Å². The van der Waals surface area contributed by atoms with E-state index in [1.54, 1.807) is 6.07 Å². The Balaban J connectivity index is 2.03. The number of halogens is 1. The van der Waals surface area contributed by atoms with Gasteiger partial charge >= 0.3 is 0 Å². The molecule has 2 aromatic carbocycles. The van der Waals surface area contributed by atoms with Crippen LogP contribution in [-0.4, -0.2) is 5.91 Å². The van der Waals surface area contributed by atoms with Crippen molar-refractivity contribution in [3.05, 3.63) is 64.2 Å². The van der Waals surface area contributed by atoms with Crippen LogP contribution >= 0.6 is 11.6 Å². The van der Waals surface area contributed by atoms with Crippen molar-refractivity contribution in [1.29, 1.82) is 0 Å². The molecule has 1 amide bonds. The Morgan fingerprint density at radius 1 is 1.11 bits per heavy atom. The van der Waals surface area contributed by atoms with E-state index < -0.39 is 0 Å². The summed E-state index contributed by atoms with van der Waals surface area (Å²) in [6, 6.07) is 13.2. The van der Waals surface area contributed by atoms with Crippen LogP contribution in [0.1, 0.15) is 16.7 Å². The molecule has 98 valence electrons. The zero-order valence-electron chi connectivity index (χ0n) is 11.0. The number of aryl methyl sites for hydroxylation is 2. The molecule has 0 saturated carbocycles. The molecular formula is C16H16ClNO. The Bertz CT molecular complexity index is 607. The molecule has 0 heterocycles. The van der Waals surface area contributed by atoms with Gasteiger partial charge in [0.1, 0.15) is 0 Å². The summed E-state index contributed by atoms with van der Waals surface area (Å²) < 4.78 is 0. The van der Waals surface area contributed by atoms with Crippen LogP contribution in [0.5, 0.6) is 0 Å². The molecule has 0 spiro atoms. The van der Waals surface area contributed by atoms with Crippen LogP contribution in [0.25, 0.3) is 0 Å². The zero-order chi connectivity index (χ0) is 13.8. The molecule has 0 aliphatic rings. The summed E-state index contributed by atoms with van der Waals surface area (Å²) in [5, 5.41) is 3.55. The maximum absolute atomic E-state index is 11.9. The van der Waals surface area contributed by atoms with Crippen LogP contribution < -0.4 is 5.32 Å². The van der Waals surface area contributed by atoms with Gasteiger partial charge in [0.15, 0.2) is 0 Å². The Kier molecular flexibility index (Phi) is 4.23. The normalized spacial score (nSPS) is 10.3. The van der Waals surface area contributed by atoms with Crippen molar-refractivity contribution in [2.75, 3.05) is 5.32 Å². The molecule has 19 heavy (non-hydrogen) atoms. The molecule has 0 unspecified atom stereocenters. The average molecular weight is 274 g/mol. The van der Waals surface area contributed by atoms with Crippen LogP contribution in [0.4, 0.5) is 5.69 Å². The molecule has 0 aliphatic carbocycles. The first-order chi connectivity index (χ1) is 9.04. The van der Waals surface area contributed by atoms with E-state index in [0.29, 0.717) is 11.4 Å². The third kappa shape index (κ3) is 3.83. The van der Waals surface area contributed by atoms with Gasteiger partial charge in [-0.3, -0.25) is 4.79 Å². The highest BCUT2D eigenvalue weighted by atomic mass is 35.5. The van der Waals surface area contributed by atoms with Crippen LogP contribution in [0.15, 0.2) is 42.5 Å². The molecular weight excluding hydrogens is 258 g/mol. The van der Waals surface area contributed by atoms with E-state index >= 15 is 0 Å². The summed E-state index contributed by atoms with van der Waals surface area (Å²) in [7, 11) is 0. The minimum Gasteiger partial charge on any atom is -0.326 e. The second kappa shape index (κ2) is 5.89. The minimum atomic E-state index is -0.0366. The highest BCUT2D eigenvalue weighted by Crippen LogP contribution is 2.15. The van der Waals surface area contributed by atoms with E-state index in [0.717, 1.165) is 11.3 Å². The predicted molar refractivity (Wildman–Crippen MR) is 79.7 cm³/mol. The number of carbonyl (C=O) groups is 1. The van der Waals surface area contributed by atoms with Crippen molar-refractivity contribution < 1.29 is 4.79 Å². The molecule has 2 nitrogen and oxygen atoms in total. The largest absolute Gasteiger partial charge is 0.326 e. The smallest absolute Gasteiger partial charge is 0.228 e. The Morgan fingerprint density at radius 2 is 1.89 bits per heavy atom. The second-order valence-electron chi connectivity index (χ2n) is 4.65. The van der Waals surface area contributed by atoms with Gasteiger partial charge < -0.3 is 5.32 Å². The number of nitrogens with one attached hydrogen (secondary N) is 1. The van der Waals surface area contributed by atoms with E-state index in [1.807, 2.05) is 50.2 Å². The lowest BCUT2D eigenvalue weighted by Gasteiger charge is -2.08. The quantitative estimate of drug-likeness (QED) is 0.895. The Hall–Kier alpha value is -1.80. The maximum atomic E-state index is 11.9. The SMILES string of the molecule is Cc1ccc(NC(=O)Cc2cccc(Cl)c2)cc1C. The lowest BCUT2D eigenvalue weighted by molar-refractivity contribution is -0.115. The molecule has 0 atom stereocenters. The first-order valence-electron chi connectivity index (χ1n) is 6.16. The van der Waals surface area contributed by atoms with Crippen molar-refractivity contribution in [2.45, 2.75) is 20.3 Å². The van der Waals surface area contributed by atoms with E-state index in [2.05, 4.69) is 5.32 Å². The fraction of sp³-hybridized carbons (Fsp3) is 0.188. The fourth-order valence-corrected chi connectivity index (χ4v) is 2.07. The van der Waals surface area contributed by atoms with Gasteiger partial charge in [-0.2, -0.15) is 0 Å². The molecule has 0 aromatic heterocycles. The zero-order valence-corrected chi connectivity index (χ0v) is 11.8. The fourth-order valence-electron chi connectivity index (χ4n) is 1.86. The van der Waals surface area contributed by atoms with Gasteiger partial charge in [0.2, 0.25) is 5.91 Å². The molecule has 0 aliphatic heterocycles. The number of hydrogen-bond donors (Lipinski definition) is 1. The maximum Gasteiger partial charge on any atom is 0.228 e. The Morgan fingerprint density at radius 3 is 2.58 bits per heavy atom. The number of anilines is 1. The van der Waals surface area contributed by atoms with E-state index in [1.165, 1.54) is 11.1 Å². The van der Waals surface area contributed by atoms with Crippen molar-refractivity contribution in [3.8, 4) is 0 Å². The van der Waals surface area contributed by atoms with E-state index in [4.69, 9.17) is 11.6 Å². The molecule has 2 rings (SSSR count).